The third-order valence-corrected chi connectivity index (χ3v) is 3.71. The first-order chi connectivity index (χ1) is 10.6. The molecule has 2 heterocycles. The van der Waals surface area contributed by atoms with Gasteiger partial charge >= 0.3 is 0 Å². The number of H-pyrrole nitrogens is 1. The van der Waals surface area contributed by atoms with Gasteiger partial charge in [-0.2, -0.15) is 0 Å². The SMILES string of the molecule is CNc1nccc(-c2cc(N)c(-c3cc(Cl)ccc3C)[nH]2)n1. The Morgan fingerprint density at radius 1 is 1.23 bits per heavy atom. The van der Waals surface area contributed by atoms with Gasteiger partial charge in [-0.1, -0.05) is 17.7 Å². The van der Waals surface area contributed by atoms with Gasteiger partial charge in [0.05, 0.1) is 22.8 Å². The normalized spacial score (nSPS) is 10.7. The smallest absolute Gasteiger partial charge is 0.222 e. The monoisotopic (exact) mass is 313 g/mol. The van der Waals surface area contributed by atoms with Gasteiger partial charge in [0.2, 0.25) is 5.95 Å². The van der Waals surface area contributed by atoms with Crippen molar-refractivity contribution >= 4 is 23.2 Å². The highest BCUT2D eigenvalue weighted by Crippen LogP contribution is 2.33. The number of rotatable bonds is 3. The topological polar surface area (TPSA) is 79.6 Å². The molecule has 0 saturated carbocycles. The van der Waals surface area contributed by atoms with Gasteiger partial charge in [-0.15, -0.1) is 0 Å². The predicted octanol–water partition coefficient (Wildman–Crippen LogP) is 3.72. The molecule has 1 aromatic carbocycles. The van der Waals surface area contributed by atoms with Crippen LogP contribution in [0.3, 0.4) is 0 Å². The molecule has 3 rings (SSSR count). The second-order valence-corrected chi connectivity index (χ2v) is 5.42. The summed E-state index contributed by atoms with van der Waals surface area (Å²) in [5.41, 5.74) is 11.4. The van der Waals surface area contributed by atoms with E-state index in [2.05, 4.69) is 20.3 Å². The van der Waals surface area contributed by atoms with Crippen molar-refractivity contribution in [3.8, 4) is 22.6 Å². The fourth-order valence-corrected chi connectivity index (χ4v) is 2.50. The van der Waals surface area contributed by atoms with Crippen LogP contribution in [0.5, 0.6) is 0 Å². The molecule has 0 radical (unpaired) electrons. The second-order valence-electron chi connectivity index (χ2n) is 4.99. The summed E-state index contributed by atoms with van der Waals surface area (Å²) in [7, 11) is 1.78. The average Bonchev–Trinajstić information content (AvgIpc) is 2.91. The minimum Gasteiger partial charge on any atom is -0.397 e. The van der Waals surface area contributed by atoms with Gasteiger partial charge in [0.25, 0.3) is 0 Å². The van der Waals surface area contributed by atoms with E-state index in [1.165, 1.54) is 0 Å². The van der Waals surface area contributed by atoms with E-state index in [0.29, 0.717) is 16.7 Å². The molecular formula is C16H16ClN5. The van der Waals surface area contributed by atoms with Crippen LogP contribution in [0.15, 0.2) is 36.5 Å². The largest absolute Gasteiger partial charge is 0.397 e. The Bertz CT molecular complexity index is 825. The first kappa shape index (κ1) is 14.4. The van der Waals surface area contributed by atoms with Crippen molar-refractivity contribution in [3.05, 3.63) is 47.1 Å². The quantitative estimate of drug-likeness (QED) is 0.688. The Balaban J connectivity index is 2.09. The number of aromatic nitrogens is 3. The predicted molar refractivity (Wildman–Crippen MR) is 91.0 cm³/mol. The zero-order valence-corrected chi connectivity index (χ0v) is 13.1. The molecule has 0 aliphatic rings. The van der Waals surface area contributed by atoms with Crippen LogP contribution in [0.1, 0.15) is 5.56 Å². The van der Waals surface area contributed by atoms with Crippen LogP contribution in [0.25, 0.3) is 22.6 Å². The van der Waals surface area contributed by atoms with Gasteiger partial charge in [0, 0.05) is 23.8 Å². The van der Waals surface area contributed by atoms with E-state index >= 15 is 0 Å². The highest BCUT2D eigenvalue weighted by atomic mass is 35.5. The minimum absolute atomic E-state index is 0.561. The molecule has 2 aromatic heterocycles. The molecule has 0 atom stereocenters. The van der Waals surface area contributed by atoms with Crippen molar-refractivity contribution in [1.29, 1.82) is 0 Å². The molecule has 0 fully saturated rings. The Morgan fingerprint density at radius 2 is 2.05 bits per heavy atom. The van der Waals surface area contributed by atoms with Gasteiger partial charge in [-0.3, -0.25) is 0 Å². The van der Waals surface area contributed by atoms with Gasteiger partial charge in [-0.05, 0) is 36.8 Å². The fraction of sp³-hybridized carbons (Fsp3) is 0.125. The Labute approximate surface area is 133 Å². The van der Waals surface area contributed by atoms with Gasteiger partial charge in [0.15, 0.2) is 0 Å². The van der Waals surface area contributed by atoms with Crippen LogP contribution in [-0.2, 0) is 0 Å². The van der Waals surface area contributed by atoms with Crippen molar-refractivity contribution in [2.45, 2.75) is 6.92 Å². The highest BCUT2D eigenvalue weighted by Gasteiger charge is 2.13. The maximum atomic E-state index is 6.17. The van der Waals surface area contributed by atoms with Crippen LogP contribution in [0.2, 0.25) is 5.02 Å². The average molecular weight is 314 g/mol. The number of hydrogen-bond acceptors (Lipinski definition) is 4. The van der Waals surface area contributed by atoms with E-state index in [4.69, 9.17) is 17.3 Å². The standard InChI is InChI=1S/C16H16ClN5/c1-9-3-4-10(17)7-11(9)15-12(18)8-14(21-15)13-5-6-20-16(19-2)22-13/h3-8,21H,18H2,1-2H3,(H,19,20,22). The lowest BCUT2D eigenvalue weighted by atomic mass is 10.1. The van der Waals surface area contributed by atoms with Crippen molar-refractivity contribution in [1.82, 2.24) is 15.0 Å². The van der Waals surface area contributed by atoms with Crippen molar-refractivity contribution in [2.24, 2.45) is 0 Å². The maximum Gasteiger partial charge on any atom is 0.222 e. The zero-order chi connectivity index (χ0) is 15.7. The third-order valence-electron chi connectivity index (χ3n) is 3.47. The maximum absolute atomic E-state index is 6.17. The van der Waals surface area contributed by atoms with E-state index in [1.54, 1.807) is 13.2 Å². The van der Waals surface area contributed by atoms with Crippen molar-refractivity contribution < 1.29 is 0 Å². The first-order valence-electron chi connectivity index (χ1n) is 6.84. The number of nitrogens with one attached hydrogen (secondary N) is 2. The third kappa shape index (κ3) is 2.63. The molecule has 3 aromatic rings. The molecule has 0 aliphatic carbocycles. The molecule has 0 spiro atoms. The summed E-state index contributed by atoms with van der Waals surface area (Å²) in [6, 6.07) is 9.45. The summed E-state index contributed by atoms with van der Waals surface area (Å²) in [5, 5.41) is 3.60. The lowest BCUT2D eigenvalue weighted by Gasteiger charge is -2.06. The highest BCUT2D eigenvalue weighted by molar-refractivity contribution is 6.30. The van der Waals surface area contributed by atoms with Crippen LogP contribution >= 0.6 is 11.6 Å². The molecule has 22 heavy (non-hydrogen) atoms. The van der Waals surface area contributed by atoms with E-state index in [1.807, 2.05) is 37.3 Å². The van der Waals surface area contributed by atoms with Crippen LogP contribution in [-0.4, -0.2) is 22.0 Å². The van der Waals surface area contributed by atoms with Crippen molar-refractivity contribution in [3.63, 3.8) is 0 Å². The minimum atomic E-state index is 0.561. The Kier molecular flexibility index (Phi) is 3.73. The first-order valence-corrected chi connectivity index (χ1v) is 7.22. The summed E-state index contributed by atoms with van der Waals surface area (Å²) in [6.07, 6.45) is 1.70. The van der Waals surface area contributed by atoms with E-state index in [9.17, 15) is 0 Å². The van der Waals surface area contributed by atoms with Crippen LogP contribution in [0.4, 0.5) is 11.6 Å². The van der Waals surface area contributed by atoms with E-state index in [0.717, 1.165) is 28.2 Å². The molecule has 0 bridgehead atoms. The molecule has 0 unspecified atom stereocenters. The lowest BCUT2D eigenvalue weighted by Crippen LogP contribution is -1.96. The number of nitrogens with two attached hydrogens (primary N) is 1. The summed E-state index contributed by atoms with van der Waals surface area (Å²) >= 11 is 6.10. The number of benzene rings is 1. The van der Waals surface area contributed by atoms with Crippen LogP contribution < -0.4 is 11.1 Å². The lowest BCUT2D eigenvalue weighted by molar-refractivity contribution is 1.15. The molecule has 0 aliphatic heterocycles. The van der Waals surface area contributed by atoms with Crippen molar-refractivity contribution in [2.75, 3.05) is 18.1 Å². The van der Waals surface area contributed by atoms with Crippen LogP contribution in [0, 0.1) is 6.92 Å². The Morgan fingerprint density at radius 3 is 2.82 bits per heavy atom. The summed E-state index contributed by atoms with van der Waals surface area (Å²) in [5.74, 6) is 0.561. The number of anilines is 2. The molecule has 6 heteroatoms. The van der Waals surface area contributed by atoms with E-state index in [-0.39, 0.29) is 0 Å². The molecule has 5 nitrogen and oxygen atoms in total. The number of nitrogens with zero attached hydrogens (tertiary/aromatic N) is 2. The molecule has 4 N–H and O–H groups in total. The Hall–Kier alpha value is -2.53. The summed E-state index contributed by atoms with van der Waals surface area (Å²) < 4.78 is 0. The fourth-order valence-electron chi connectivity index (χ4n) is 2.32. The summed E-state index contributed by atoms with van der Waals surface area (Å²) in [6.45, 7) is 2.02. The zero-order valence-electron chi connectivity index (χ0n) is 12.3. The molecular weight excluding hydrogens is 298 g/mol. The second kappa shape index (κ2) is 5.69. The van der Waals surface area contributed by atoms with Gasteiger partial charge in [0.1, 0.15) is 0 Å². The number of aryl methyl sites for hydroxylation is 1. The molecule has 0 saturated heterocycles. The number of hydrogen-bond donors (Lipinski definition) is 3. The molecule has 112 valence electrons. The van der Waals surface area contributed by atoms with E-state index < -0.39 is 0 Å². The number of halogens is 1. The van der Waals surface area contributed by atoms with Gasteiger partial charge < -0.3 is 16.0 Å². The van der Waals surface area contributed by atoms with Gasteiger partial charge in [-0.25, -0.2) is 9.97 Å². The number of aromatic amines is 1. The molecule has 0 amide bonds. The summed E-state index contributed by atoms with van der Waals surface area (Å²) in [4.78, 5) is 11.9. The number of nitrogen functional groups attached to an aromatic ring is 1.